The number of carbonyl (C=O) groups is 4. The Kier molecular flexibility index (Phi) is 12.4. The van der Waals surface area contributed by atoms with Crippen LogP contribution in [0.4, 0.5) is 0 Å². The summed E-state index contributed by atoms with van der Waals surface area (Å²) in [7, 11) is 0. The van der Waals surface area contributed by atoms with E-state index in [1.165, 1.54) is 0 Å². The Labute approximate surface area is 298 Å². The first-order valence-corrected chi connectivity index (χ1v) is 18.2. The normalized spacial score (nSPS) is 25.6. The van der Waals surface area contributed by atoms with E-state index in [0.717, 1.165) is 5.56 Å². The van der Waals surface area contributed by atoms with Crippen molar-refractivity contribution in [1.29, 1.82) is 0 Å². The van der Waals surface area contributed by atoms with Gasteiger partial charge in [0.15, 0.2) is 0 Å². The van der Waals surface area contributed by atoms with E-state index < -0.39 is 53.2 Å². The van der Waals surface area contributed by atoms with Crippen LogP contribution in [0.1, 0.15) is 98.6 Å². The number of aliphatic hydroxyl groups excluding tert-OH is 1. The number of carbonyl (C=O) groups excluding carboxylic acids is 4. The number of allylic oxidation sites excluding steroid dienone is 1. The van der Waals surface area contributed by atoms with Gasteiger partial charge in [0.2, 0.25) is 17.7 Å². The molecule has 4 rings (SSSR count). The summed E-state index contributed by atoms with van der Waals surface area (Å²) in [5.74, 6) is -3.04. The van der Waals surface area contributed by atoms with Crippen molar-refractivity contribution in [3.8, 4) is 0 Å². The van der Waals surface area contributed by atoms with Crippen LogP contribution in [-0.4, -0.2) is 87.7 Å². The second-order valence-electron chi connectivity index (χ2n) is 16.5. The first-order chi connectivity index (χ1) is 23.5. The lowest BCUT2D eigenvalue weighted by Gasteiger charge is -2.46. The molecule has 0 aromatic heterocycles. The standard InChI is InChI=1S/C40H59N3O7/c1-10-12-18-31(45)49-24-29(27-16-14-13-15-17-27)41-35(46)32-30-19-20-40(50-30)33(32)36(47)43(28(23-44)22-26(3)4)34(40)37(48)42(21-11-2)39(8,9)25-38(5,6)7/h10-11,13-17,26,28-30,32-34,44H,1-2,12,18-25H2,3-9H3,(H,41,46)/t28-,29+,30+,32-,33-,34+,40-/m1/s1. The van der Waals surface area contributed by atoms with E-state index >= 15 is 4.79 Å². The molecule has 10 nitrogen and oxygen atoms in total. The molecule has 50 heavy (non-hydrogen) atoms. The maximum absolute atomic E-state index is 15.1. The van der Waals surface area contributed by atoms with E-state index in [-0.39, 0.29) is 55.2 Å². The van der Waals surface area contributed by atoms with Crippen molar-refractivity contribution < 1.29 is 33.8 Å². The number of amides is 3. The SMILES string of the molecule is C=CCCC(=O)OC[C@H](NC(=O)[C@@H]1[C@@H]2CC[C@]3(O2)[C@H](C(=O)N(CC=C)C(C)(C)CC(C)(C)C)N([C@@H](CO)CC(C)C)C(=O)[C@@H]13)c1ccccc1. The summed E-state index contributed by atoms with van der Waals surface area (Å²) in [4.78, 5) is 60.1. The molecule has 3 aliphatic rings. The number of likely N-dealkylation sites (tertiary alicyclic amines) is 1. The monoisotopic (exact) mass is 693 g/mol. The molecule has 0 radical (unpaired) electrons. The van der Waals surface area contributed by atoms with Crippen LogP contribution in [0, 0.1) is 23.2 Å². The minimum atomic E-state index is -1.23. The summed E-state index contributed by atoms with van der Waals surface area (Å²) in [5, 5.41) is 13.8. The lowest BCUT2D eigenvalue weighted by molar-refractivity contribution is -0.156. The molecule has 276 valence electrons. The first kappa shape index (κ1) is 39.3. The Morgan fingerprint density at radius 2 is 1.82 bits per heavy atom. The summed E-state index contributed by atoms with van der Waals surface area (Å²) in [6.45, 7) is 22.0. The summed E-state index contributed by atoms with van der Waals surface area (Å²) >= 11 is 0. The molecule has 0 unspecified atom stereocenters. The molecule has 0 aliphatic carbocycles. The van der Waals surface area contributed by atoms with Crippen molar-refractivity contribution in [3.05, 3.63) is 61.2 Å². The fourth-order valence-electron chi connectivity index (χ4n) is 8.83. The molecular formula is C40H59N3O7. The largest absolute Gasteiger partial charge is 0.463 e. The Morgan fingerprint density at radius 3 is 2.40 bits per heavy atom. The number of hydrogen-bond donors (Lipinski definition) is 2. The molecule has 1 aromatic carbocycles. The lowest BCUT2D eigenvalue weighted by atomic mass is 9.70. The highest BCUT2D eigenvalue weighted by Crippen LogP contribution is 2.59. The highest BCUT2D eigenvalue weighted by Gasteiger charge is 2.75. The van der Waals surface area contributed by atoms with E-state index in [9.17, 15) is 19.5 Å². The maximum Gasteiger partial charge on any atom is 0.306 e. The summed E-state index contributed by atoms with van der Waals surface area (Å²) in [6.07, 6.45) is 5.56. The minimum absolute atomic E-state index is 0.0820. The van der Waals surface area contributed by atoms with Gasteiger partial charge in [-0.1, -0.05) is 77.1 Å². The van der Waals surface area contributed by atoms with Crippen molar-refractivity contribution in [3.63, 3.8) is 0 Å². The third-order valence-electron chi connectivity index (χ3n) is 10.4. The zero-order valence-corrected chi connectivity index (χ0v) is 31.2. The van der Waals surface area contributed by atoms with Gasteiger partial charge in [-0.2, -0.15) is 0 Å². The number of nitrogens with one attached hydrogen (secondary N) is 1. The van der Waals surface area contributed by atoms with Gasteiger partial charge in [0.1, 0.15) is 18.2 Å². The van der Waals surface area contributed by atoms with Crippen molar-refractivity contribution in [1.82, 2.24) is 15.1 Å². The van der Waals surface area contributed by atoms with Crippen LogP contribution < -0.4 is 5.32 Å². The first-order valence-electron chi connectivity index (χ1n) is 18.2. The van der Waals surface area contributed by atoms with E-state index in [1.807, 2.05) is 58.0 Å². The average molecular weight is 694 g/mol. The predicted molar refractivity (Wildman–Crippen MR) is 193 cm³/mol. The summed E-state index contributed by atoms with van der Waals surface area (Å²) < 4.78 is 12.3. The number of fused-ring (bicyclic) bond motifs is 1. The van der Waals surface area contributed by atoms with Crippen molar-refractivity contribution >= 4 is 23.7 Å². The molecular weight excluding hydrogens is 634 g/mol. The van der Waals surface area contributed by atoms with E-state index in [4.69, 9.17) is 9.47 Å². The highest BCUT2D eigenvalue weighted by molar-refractivity contribution is 5.99. The van der Waals surface area contributed by atoms with Gasteiger partial charge in [0.25, 0.3) is 0 Å². The van der Waals surface area contributed by atoms with Crippen LogP contribution in [0.3, 0.4) is 0 Å². The molecule has 2 bridgehead atoms. The van der Waals surface area contributed by atoms with Gasteiger partial charge in [-0.15, -0.1) is 13.2 Å². The molecule has 3 fully saturated rings. The van der Waals surface area contributed by atoms with E-state index in [1.54, 1.807) is 22.0 Å². The molecule has 1 spiro atoms. The van der Waals surface area contributed by atoms with Crippen molar-refractivity contribution in [2.45, 2.75) is 122 Å². The smallest absolute Gasteiger partial charge is 0.306 e. The van der Waals surface area contributed by atoms with Crippen LogP contribution >= 0.6 is 0 Å². The summed E-state index contributed by atoms with van der Waals surface area (Å²) in [6, 6.07) is 6.94. The number of esters is 1. The van der Waals surface area contributed by atoms with Crippen LogP contribution in [-0.2, 0) is 28.7 Å². The average Bonchev–Trinajstić information content (AvgIpc) is 3.69. The topological polar surface area (TPSA) is 125 Å². The van der Waals surface area contributed by atoms with Crippen LogP contribution in [0.15, 0.2) is 55.6 Å². The van der Waals surface area contributed by atoms with E-state index in [0.29, 0.717) is 32.1 Å². The predicted octanol–water partition coefficient (Wildman–Crippen LogP) is 5.36. The molecule has 7 atom stereocenters. The van der Waals surface area contributed by atoms with E-state index in [2.05, 4.69) is 39.2 Å². The number of ether oxygens (including phenoxy) is 2. The second kappa shape index (κ2) is 15.8. The Bertz CT molecular complexity index is 1400. The molecule has 2 N–H and O–H groups in total. The highest BCUT2D eigenvalue weighted by atomic mass is 16.5. The number of benzene rings is 1. The quantitative estimate of drug-likeness (QED) is 0.166. The fourth-order valence-corrected chi connectivity index (χ4v) is 8.83. The molecule has 10 heteroatoms. The zero-order valence-electron chi connectivity index (χ0n) is 31.2. The number of nitrogens with zero attached hydrogens (tertiary/aromatic N) is 2. The second-order valence-corrected chi connectivity index (χ2v) is 16.5. The van der Waals surface area contributed by atoms with Crippen LogP contribution in [0.25, 0.3) is 0 Å². The van der Waals surface area contributed by atoms with Gasteiger partial charge in [0.05, 0.1) is 36.6 Å². The molecule has 3 amide bonds. The van der Waals surface area contributed by atoms with Gasteiger partial charge in [-0.05, 0) is 62.8 Å². The van der Waals surface area contributed by atoms with Gasteiger partial charge in [-0.3, -0.25) is 19.2 Å². The maximum atomic E-state index is 15.1. The number of rotatable bonds is 17. The fraction of sp³-hybridized carbons (Fsp3) is 0.650. The molecule has 1 aromatic rings. The number of hydrogen-bond acceptors (Lipinski definition) is 7. The van der Waals surface area contributed by atoms with Crippen LogP contribution in [0.2, 0.25) is 0 Å². The van der Waals surface area contributed by atoms with Gasteiger partial charge >= 0.3 is 5.97 Å². The van der Waals surface area contributed by atoms with Crippen LogP contribution in [0.5, 0.6) is 0 Å². The zero-order chi connectivity index (χ0) is 37.0. The Morgan fingerprint density at radius 1 is 1.14 bits per heavy atom. The number of aliphatic hydroxyl groups is 1. The van der Waals surface area contributed by atoms with Gasteiger partial charge in [-0.25, -0.2) is 0 Å². The van der Waals surface area contributed by atoms with Crippen molar-refractivity contribution in [2.24, 2.45) is 23.2 Å². The van der Waals surface area contributed by atoms with Gasteiger partial charge in [0, 0.05) is 18.5 Å². The summed E-state index contributed by atoms with van der Waals surface area (Å²) in [5.41, 5.74) is -1.18. The minimum Gasteiger partial charge on any atom is -0.463 e. The van der Waals surface area contributed by atoms with Crippen molar-refractivity contribution in [2.75, 3.05) is 19.8 Å². The molecule has 0 saturated carbocycles. The molecule has 3 aliphatic heterocycles. The molecule has 3 saturated heterocycles. The third kappa shape index (κ3) is 8.17. The lowest BCUT2D eigenvalue weighted by Crippen LogP contribution is -2.62. The van der Waals surface area contributed by atoms with Gasteiger partial charge < -0.3 is 29.7 Å². The molecule has 3 heterocycles. The Balaban J connectivity index is 1.73. The Hall–Kier alpha value is -3.50. The third-order valence-corrected chi connectivity index (χ3v) is 10.4.